The zero-order chi connectivity index (χ0) is 16.3. The van der Waals surface area contributed by atoms with Gasteiger partial charge in [0.05, 0.1) is 11.3 Å². The van der Waals surface area contributed by atoms with Crippen LogP contribution in [-0.2, 0) is 14.6 Å². The Morgan fingerprint density at radius 1 is 1.48 bits per heavy atom. The predicted octanol–water partition coefficient (Wildman–Crippen LogP) is 0.128. The van der Waals surface area contributed by atoms with E-state index in [0.717, 1.165) is 19.3 Å². The third-order valence-corrected chi connectivity index (χ3v) is 5.12. The largest absolute Gasteiger partial charge is 0.368 e. The van der Waals surface area contributed by atoms with Gasteiger partial charge >= 0.3 is 0 Å². The molecule has 0 bridgehead atoms. The molecule has 21 heavy (non-hydrogen) atoms. The molecular weight excluding hydrogens is 290 g/mol. The number of carbonyl (C=O) groups is 1. The zero-order valence-corrected chi connectivity index (χ0v) is 14.4. The van der Waals surface area contributed by atoms with Gasteiger partial charge in [-0.05, 0) is 46.6 Å². The smallest absolute Gasteiger partial charge is 0.237 e. The minimum atomic E-state index is -2.97. The topological polar surface area (TPSA) is 92.5 Å². The van der Waals surface area contributed by atoms with Crippen LogP contribution in [0, 0.1) is 0 Å². The van der Waals surface area contributed by atoms with Gasteiger partial charge in [0, 0.05) is 24.9 Å². The molecule has 0 aromatic rings. The number of rotatable bonds is 7. The Bertz CT molecular complexity index is 464. The predicted molar refractivity (Wildman–Crippen MR) is 84.8 cm³/mol. The van der Waals surface area contributed by atoms with Gasteiger partial charge in [-0.3, -0.25) is 4.79 Å². The first-order valence-corrected chi connectivity index (χ1v) is 9.57. The molecule has 3 N–H and O–H groups in total. The van der Waals surface area contributed by atoms with Gasteiger partial charge in [0.1, 0.15) is 9.84 Å². The molecule has 1 fully saturated rings. The highest BCUT2D eigenvalue weighted by molar-refractivity contribution is 7.90. The van der Waals surface area contributed by atoms with E-state index in [1.54, 1.807) is 0 Å². The van der Waals surface area contributed by atoms with Gasteiger partial charge in [-0.1, -0.05) is 0 Å². The summed E-state index contributed by atoms with van der Waals surface area (Å²) in [4.78, 5) is 14.0. The normalized spacial score (nSPS) is 27.2. The summed E-state index contributed by atoms with van der Waals surface area (Å²) in [5.41, 5.74) is 4.97. The quantitative estimate of drug-likeness (QED) is 0.696. The maximum atomic E-state index is 11.9. The molecular formula is C14H29N3O3S. The lowest BCUT2D eigenvalue weighted by molar-refractivity contribution is -0.127. The number of sulfone groups is 1. The molecule has 1 aliphatic carbocycles. The Morgan fingerprint density at radius 2 is 2.10 bits per heavy atom. The lowest BCUT2D eigenvalue weighted by atomic mass is 9.77. The molecule has 1 amide bonds. The first-order chi connectivity index (χ1) is 9.56. The van der Waals surface area contributed by atoms with E-state index >= 15 is 0 Å². The Hall–Kier alpha value is -0.660. The SMILES string of the molecule is CC(C)NC1(C(N)=O)CCCC(N(C)CCS(C)(=O)=O)C1. The van der Waals surface area contributed by atoms with Crippen molar-refractivity contribution in [1.82, 2.24) is 10.2 Å². The number of carbonyl (C=O) groups excluding carboxylic acids is 1. The van der Waals surface area contributed by atoms with Crippen molar-refractivity contribution in [3.05, 3.63) is 0 Å². The average Bonchev–Trinajstić information content (AvgIpc) is 2.34. The van der Waals surface area contributed by atoms with Crippen LogP contribution in [-0.4, -0.2) is 62.4 Å². The zero-order valence-electron chi connectivity index (χ0n) is 13.6. The maximum Gasteiger partial charge on any atom is 0.237 e. The van der Waals surface area contributed by atoms with Gasteiger partial charge in [0.15, 0.2) is 0 Å². The van der Waals surface area contributed by atoms with Crippen LogP contribution in [0.2, 0.25) is 0 Å². The molecule has 2 atom stereocenters. The lowest BCUT2D eigenvalue weighted by Crippen LogP contribution is -2.62. The number of nitrogens with two attached hydrogens (primary N) is 1. The molecule has 0 aromatic heterocycles. The van der Waals surface area contributed by atoms with Crippen molar-refractivity contribution in [2.75, 3.05) is 25.6 Å². The molecule has 0 heterocycles. The molecule has 0 radical (unpaired) electrons. The third-order valence-electron chi connectivity index (χ3n) is 4.20. The van der Waals surface area contributed by atoms with E-state index in [4.69, 9.17) is 5.73 Å². The standard InChI is InChI=1S/C14H29N3O3S/c1-11(2)16-14(13(15)18)7-5-6-12(10-14)17(3)8-9-21(4,19)20/h11-12,16H,5-10H2,1-4H3,(H2,15,18). The minimum absolute atomic E-state index is 0.140. The lowest BCUT2D eigenvalue weighted by Gasteiger charge is -2.43. The molecule has 0 aliphatic heterocycles. The molecule has 2 unspecified atom stereocenters. The van der Waals surface area contributed by atoms with Gasteiger partial charge in [-0.25, -0.2) is 8.42 Å². The van der Waals surface area contributed by atoms with Crippen LogP contribution in [0.15, 0.2) is 0 Å². The Morgan fingerprint density at radius 3 is 2.57 bits per heavy atom. The fourth-order valence-electron chi connectivity index (χ4n) is 3.09. The number of nitrogens with one attached hydrogen (secondary N) is 1. The molecule has 1 rings (SSSR count). The van der Waals surface area contributed by atoms with E-state index in [1.165, 1.54) is 6.26 Å². The number of amides is 1. The van der Waals surface area contributed by atoms with Crippen molar-refractivity contribution >= 4 is 15.7 Å². The van der Waals surface area contributed by atoms with Crippen molar-refractivity contribution in [3.63, 3.8) is 0 Å². The van der Waals surface area contributed by atoms with Crippen molar-refractivity contribution in [2.45, 2.75) is 57.2 Å². The van der Waals surface area contributed by atoms with Crippen molar-refractivity contribution in [1.29, 1.82) is 0 Å². The first-order valence-electron chi connectivity index (χ1n) is 7.51. The molecule has 6 nitrogen and oxygen atoms in total. The molecule has 124 valence electrons. The first kappa shape index (κ1) is 18.4. The van der Waals surface area contributed by atoms with Crippen molar-refractivity contribution in [2.24, 2.45) is 5.73 Å². The van der Waals surface area contributed by atoms with E-state index in [0.29, 0.717) is 13.0 Å². The van der Waals surface area contributed by atoms with Gasteiger partial charge in [-0.2, -0.15) is 0 Å². The summed E-state index contributed by atoms with van der Waals surface area (Å²) in [5, 5.41) is 3.33. The number of primary amides is 1. The summed E-state index contributed by atoms with van der Waals surface area (Å²) < 4.78 is 22.6. The van der Waals surface area contributed by atoms with Crippen molar-refractivity contribution in [3.8, 4) is 0 Å². The van der Waals surface area contributed by atoms with Crippen LogP contribution >= 0.6 is 0 Å². The Labute approximate surface area is 128 Å². The second-order valence-corrected chi connectivity index (χ2v) is 8.87. The molecule has 7 heteroatoms. The molecule has 1 saturated carbocycles. The maximum absolute atomic E-state index is 11.9. The minimum Gasteiger partial charge on any atom is -0.368 e. The van der Waals surface area contributed by atoms with E-state index < -0.39 is 15.4 Å². The van der Waals surface area contributed by atoms with Crippen LogP contribution in [0.3, 0.4) is 0 Å². The van der Waals surface area contributed by atoms with Gasteiger partial charge in [-0.15, -0.1) is 0 Å². The van der Waals surface area contributed by atoms with Crippen LogP contribution in [0.1, 0.15) is 39.5 Å². The average molecular weight is 319 g/mol. The molecule has 0 saturated heterocycles. The van der Waals surface area contributed by atoms with Crippen molar-refractivity contribution < 1.29 is 13.2 Å². The summed E-state index contributed by atoms with van der Waals surface area (Å²) in [5.74, 6) is -0.168. The monoisotopic (exact) mass is 319 g/mol. The molecule has 0 aromatic carbocycles. The van der Waals surface area contributed by atoms with E-state index in [-0.39, 0.29) is 23.7 Å². The number of nitrogens with zero attached hydrogens (tertiary/aromatic N) is 1. The second kappa shape index (κ2) is 7.07. The van der Waals surface area contributed by atoms with E-state index in [9.17, 15) is 13.2 Å². The van der Waals surface area contributed by atoms with Crippen LogP contribution in [0.5, 0.6) is 0 Å². The Kier molecular flexibility index (Phi) is 6.19. The Balaban J connectivity index is 2.75. The summed E-state index contributed by atoms with van der Waals surface area (Å²) in [6, 6.07) is 0.358. The third kappa shape index (κ3) is 5.56. The van der Waals surface area contributed by atoms with Crippen LogP contribution in [0.25, 0.3) is 0 Å². The molecule has 1 aliphatic rings. The van der Waals surface area contributed by atoms with Gasteiger partial charge in [0.2, 0.25) is 5.91 Å². The second-order valence-electron chi connectivity index (χ2n) is 6.61. The van der Waals surface area contributed by atoms with Crippen LogP contribution < -0.4 is 11.1 Å². The highest BCUT2D eigenvalue weighted by Crippen LogP contribution is 2.31. The van der Waals surface area contributed by atoms with E-state index in [2.05, 4.69) is 5.32 Å². The summed E-state index contributed by atoms with van der Waals surface area (Å²) in [6.07, 6.45) is 4.51. The fraction of sp³-hybridized carbons (Fsp3) is 0.929. The number of hydrogen-bond acceptors (Lipinski definition) is 5. The van der Waals surface area contributed by atoms with Gasteiger partial charge < -0.3 is 16.0 Å². The highest BCUT2D eigenvalue weighted by Gasteiger charge is 2.42. The van der Waals surface area contributed by atoms with E-state index in [1.807, 2.05) is 25.8 Å². The summed E-state index contributed by atoms with van der Waals surface area (Å²) >= 11 is 0. The van der Waals surface area contributed by atoms with Crippen LogP contribution in [0.4, 0.5) is 0 Å². The fourth-order valence-corrected chi connectivity index (χ4v) is 3.71. The summed E-state index contributed by atoms with van der Waals surface area (Å²) in [7, 11) is -1.05. The molecule has 0 spiro atoms. The van der Waals surface area contributed by atoms with Gasteiger partial charge in [0.25, 0.3) is 0 Å². The summed E-state index contributed by atoms with van der Waals surface area (Å²) in [6.45, 7) is 4.49. The number of hydrogen-bond donors (Lipinski definition) is 2. The highest BCUT2D eigenvalue weighted by atomic mass is 32.2.